The van der Waals surface area contributed by atoms with Crippen LogP contribution in [-0.4, -0.2) is 24.2 Å². The fourth-order valence-electron chi connectivity index (χ4n) is 2.20. The second-order valence-electron chi connectivity index (χ2n) is 4.58. The normalized spacial score (nSPS) is 10.6. The third-order valence-corrected chi connectivity index (χ3v) is 4.31. The van der Waals surface area contributed by atoms with E-state index in [9.17, 15) is 0 Å². The number of aromatic amines is 1. The van der Waals surface area contributed by atoms with Gasteiger partial charge in [0.1, 0.15) is 5.82 Å². The van der Waals surface area contributed by atoms with Gasteiger partial charge in [0.15, 0.2) is 16.3 Å². The van der Waals surface area contributed by atoms with Crippen LogP contribution in [0.15, 0.2) is 29.6 Å². The lowest BCUT2D eigenvalue weighted by atomic mass is 10.2. The topological polar surface area (TPSA) is 59.2 Å². The molecular formula is C15H15N3O2S2. The van der Waals surface area contributed by atoms with Crippen molar-refractivity contribution in [2.45, 2.75) is 6.54 Å². The Bertz CT molecular complexity index is 844. The molecule has 0 aliphatic rings. The van der Waals surface area contributed by atoms with Crippen molar-refractivity contribution in [2.75, 3.05) is 19.5 Å². The molecule has 5 nitrogen and oxygen atoms in total. The monoisotopic (exact) mass is 333 g/mol. The standard InChI is InChI=1S/C15H15N3O2S2/c1-19-12-6-10-11(7-13(12)20-2)17-15(21)18-14(10)16-8-9-4-3-5-22-9/h3-7H,8H2,1-2H3,(H2,16,17,18,21). The number of fused-ring (bicyclic) bond motifs is 1. The van der Waals surface area contributed by atoms with Crippen molar-refractivity contribution >= 4 is 40.3 Å². The molecule has 0 atom stereocenters. The van der Waals surface area contributed by atoms with Crippen molar-refractivity contribution in [2.24, 2.45) is 0 Å². The summed E-state index contributed by atoms with van der Waals surface area (Å²) in [7, 11) is 3.22. The number of thiophene rings is 1. The molecule has 0 saturated carbocycles. The predicted molar refractivity (Wildman–Crippen MR) is 91.7 cm³/mol. The zero-order chi connectivity index (χ0) is 15.5. The van der Waals surface area contributed by atoms with Crippen LogP contribution in [-0.2, 0) is 6.54 Å². The van der Waals surface area contributed by atoms with Crippen LogP contribution in [0.4, 0.5) is 5.82 Å². The van der Waals surface area contributed by atoms with Gasteiger partial charge in [-0.15, -0.1) is 11.3 Å². The molecule has 0 bridgehead atoms. The molecule has 1 aromatic carbocycles. The fourth-order valence-corrected chi connectivity index (χ4v) is 3.05. The lowest BCUT2D eigenvalue weighted by Crippen LogP contribution is -2.02. The second-order valence-corrected chi connectivity index (χ2v) is 6.00. The minimum absolute atomic E-state index is 0.424. The number of benzene rings is 1. The Morgan fingerprint density at radius 2 is 2.05 bits per heavy atom. The molecule has 0 fully saturated rings. The summed E-state index contributed by atoms with van der Waals surface area (Å²) in [6.07, 6.45) is 0. The summed E-state index contributed by atoms with van der Waals surface area (Å²) >= 11 is 6.90. The first-order chi connectivity index (χ1) is 10.7. The molecule has 2 aromatic heterocycles. The van der Waals surface area contributed by atoms with Crippen molar-refractivity contribution in [1.82, 2.24) is 9.97 Å². The molecule has 0 aliphatic carbocycles. The molecule has 7 heteroatoms. The average molecular weight is 333 g/mol. The Balaban J connectivity index is 2.06. The molecule has 0 saturated heterocycles. The second kappa shape index (κ2) is 6.33. The Morgan fingerprint density at radius 1 is 1.27 bits per heavy atom. The summed E-state index contributed by atoms with van der Waals surface area (Å²) in [6.45, 7) is 0.701. The number of H-pyrrole nitrogens is 1. The summed E-state index contributed by atoms with van der Waals surface area (Å²) in [5.74, 6) is 2.03. The highest BCUT2D eigenvalue weighted by Gasteiger charge is 2.11. The smallest absolute Gasteiger partial charge is 0.199 e. The van der Waals surface area contributed by atoms with Gasteiger partial charge in [-0.1, -0.05) is 6.07 Å². The van der Waals surface area contributed by atoms with Crippen molar-refractivity contribution in [3.05, 3.63) is 39.3 Å². The number of methoxy groups -OCH3 is 2. The lowest BCUT2D eigenvalue weighted by Gasteiger charge is -2.12. The number of anilines is 1. The highest BCUT2D eigenvalue weighted by atomic mass is 32.1. The summed E-state index contributed by atoms with van der Waals surface area (Å²) in [5.41, 5.74) is 0.853. The van der Waals surface area contributed by atoms with Crippen LogP contribution < -0.4 is 14.8 Å². The van der Waals surface area contributed by atoms with E-state index in [-0.39, 0.29) is 0 Å². The Hall–Kier alpha value is -2.12. The molecule has 0 radical (unpaired) electrons. The molecule has 0 unspecified atom stereocenters. The third-order valence-electron chi connectivity index (χ3n) is 3.24. The van der Waals surface area contributed by atoms with Crippen LogP contribution in [0.1, 0.15) is 4.88 Å². The summed E-state index contributed by atoms with van der Waals surface area (Å²) in [5, 5.41) is 6.29. The minimum Gasteiger partial charge on any atom is -0.493 e. The number of hydrogen-bond acceptors (Lipinski definition) is 6. The van der Waals surface area contributed by atoms with Crippen LogP contribution in [0.25, 0.3) is 10.9 Å². The number of nitrogens with zero attached hydrogens (tertiary/aromatic N) is 1. The quantitative estimate of drug-likeness (QED) is 0.692. The van der Waals surface area contributed by atoms with E-state index in [4.69, 9.17) is 21.7 Å². The van der Waals surface area contributed by atoms with E-state index in [1.54, 1.807) is 25.6 Å². The molecule has 3 aromatic rings. The van der Waals surface area contributed by atoms with Crippen LogP contribution in [0, 0.1) is 4.77 Å². The van der Waals surface area contributed by atoms with Gasteiger partial charge in [-0.2, -0.15) is 0 Å². The van der Waals surface area contributed by atoms with E-state index in [0.717, 1.165) is 16.7 Å². The molecule has 0 spiro atoms. The minimum atomic E-state index is 0.424. The SMILES string of the molecule is COc1cc2[nH]c(=S)nc(NCc3cccs3)c2cc1OC. The van der Waals surface area contributed by atoms with Gasteiger partial charge in [0, 0.05) is 16.3 Å². The predicted octanol–water partition coefficient (Wildman–Crippen LogP) is 3.98. The Labute approximate surface area is 136 Å². The molecule has 0 aliphatic heterocycles. The van der Waals surface area contributed by atoms with Gasteiger partial charge in [-0.3, -0.25) is 0 Å². The molecule has 22 heavy (non-hydrogen) atoms. The van der Waals surface area contributed by atoms with Gasteiger partial charge >= 0.3 is 0 Å². The van der Waals surface area contributed by atoms with Crippen molar-refractivity contribution in [3.8, 4) is 11.5 Å². The largest absolute Gasteiger partial charge is 0.493 e. The molecular weight excluding hydrogens is 318 g/mol. The van der Waals surface area contributed by atoms with E-state index in [1.807, 2.05) is 23.6 Å². The first-order valence-corrected chi connectivity index (χ1v) is 7.92. The van der Waals surface area contributed by atoms with E-state index < -0.39 is 0 Å². The Morgan fingerprint density at radius 3 is 2.73 bits per heavy atom. The average Bonchev–Trinajstić information content (AvgIpc) is 3.04. The fraction of sp³-hybridized carbons (Fsp3) is 0.200. The number of nitrogens with one attached hydrogen (secondary N) is 2. The number of aromatic nitrogens is 2. The van der Waals surface area contributed by atoms with Gasteiger partial charge in [-0.05, 0) is 29.7 Å². The van der Waals surface area contributed by atoms with E-state index in [1.165, 1.54) is 4.88 Å². The lowest BCUT2D eigenvalue weighted by molar-refractivity contribution is 0.356. The number of rotatable bonds is 5. The van der Waals surface area contributed by atoms with Crippen LogP contribution >= 0.6 is 23.6 Å². The maximum atomic E-state index is 5.36. The number of hydrogen-bond donors (Lipinski definition) is 2. The molecule has 2 N–H and O–H groups in total. The van der Waals surface area contributed by atoms with Gasteiger partial charge in [-0.25, -0.2) is 4.98 Å². The summed E-state index contributed by atoms with van der Waals surface area (Å²) < 4.78 is 11.1. The zero-order valence-electron chi connectivity index (χ0n) is 12.2. The summed E-state index contributed by atoms with van der Waals surface area (Å²) in [6, 6.07) is 7.86. The maximum Gasteiger partial charge on any atom is 0.199 e. The first-order valence-electron chi connectivity index (χ1n) is 6.63. The molecule has 114 valence electrons. The Kier molecular flexibility index (Phi) is 4.26. The van der Waals surface area contributed by atoms with Crippen molar-refractivity contribution < 1.29 is 9.47 Å². The zero-order valence-corrected chi connectivity index (χ0v) is 13.8. The highest BCUT2D eigenvalue weighted by molar-refractivity contribution is 7.71. The van der Waals surface area contributed by atoms with E-state index in [2.05, 4.69) is 21.4 Å². The van der Waals surface area contributed by atoms with Gasteiger partial charge in [0.05, 0.1) is 26.3 Å². The number of ether oxygens (including phenoxy) is 2. The van der Waals surface area contributed by atoms with Gasteiger partial charge in [0.25, 0.3) is 0 Å². The summed E-state index contributed by atoms with van der Waals surface area (Å²) in [4.78, 5) is 8.70. The molecule has 0 amide bonds. The van der Waals surface area contributed by atoms with Gasteiger partial charge in [0.2, 0.25) is 0 Å². The highest BCUT2D eigenvalue weighted by Crippen LogP contribution is 2.33. The van der Waals surface area contributed by atoms with E-state index in [0.29, 0.717) is 22.8 Å². The first kappa shape index (κ1) is 14.8. The van der Waals surface area contributed by atoms with Crippen LogP contribution in [0.3, 0.4) is 0 Å². The van der Waals surface area contributed by atoms with Crippen LogP contribution in [0.5, 0.6) is 11.5 Å². The molecule has 2 heterocycles. The third kappa shape index (κ3) is 2.90. The van der Waals surface area contributed by atoms with E-state index >= 15 is 0 Å². The maximum absolute atomic E-state index is 5.36. The molecule has 3 rings (SSSR count). The van der Waals surface area contributed by atoms with Crippen molar-refractivity contribution in [1.29, 1.82) is 0 Å². The van der Waals surface area contributed by atoms with Crippen molar-refractivity contribution in [3.63, 3.8) is 0 Å². The van der Waals surface area contributed by atoms with Gasteiger partial charge < -0.3 is 19.8 Å². The van der Waals surface area contributed by atoms with Crippen LogP contribution in [0.2, 0.25) is 0 Å².